The summed E-state index contributed by atoms with van der Waals surface area (Å²) in [5, 5.41) is 21.0. The van der Waals surface area contributed by atoms with Gasteiger partial charge >= 0.3 is 17.9 Å². The molecular formula is C49H75N7O15. The van der Waals surface area contributed by atoms with Crippen molar-refractivity contribution in [1.29, 1.82) is 0 Å². The van der Waals surface area contributed by atoms with Gasteiger partial charge in [-0.05, 0) is 44.1 Å². The maximum Gasteiger partial charge on any atom is 0.333 e. The highest BCUT2D eigenvalue weighted by Crippen LogP contribution is 2.23. The van der Waals surface area contributed by atoms with E-state index >= 15 is 4.79 Å². The normalized spacial score (nSPS) is 24.7. The van der Waals surface area contributed by atoms with E-state index in [1.807, 2.05) is 0 Å². The average Bonchev–Trinajstić information content (AvgIpc) is 3.32. The number of cyclic esters (lactones) is 2. The number of aliphatic hydroxyl groups excluding tert-OH is 1. The number of hydrogen-bond acceptors (Lipinski definition) is 15. The third kappa shape index (κ3) is 16.3. The summed E-state index contributed by atoms with van der Waals surface area (Å²) in [5.41, 5.74) is 0.0576. The first kappa shape index (κ1) is 60.7. The molecule has 5 N–H and O–H groups in total. The zero-order valence-electron chi connectivity index (χ0n) is 43.6. The summed E-state index contributed by atoms with van der Waals surface area (Å²) >= 11 is 0. The summed E-state index contributed by atoms with van der Waals surface area (Å²) in [7, 11) is 4.88. The minimum Gasteiger partial charge on any atom is -0.458 e. The van der Waals surface area contributed by atoms with Gasteiger partial charge in [0.05, 0.1) is 12.2 Å². The van der Waals surface area contributed by atoms with Crippen molar-refractivity contribution < 1.29 is 72.0 Å². The van der Waals surface area contributed by atoms with E-state index in [9.17, 15) is 48.3 Å². The Morgan fingerprint density at radius 3 is 1.93 bits per heavy atom. The Bertz CT molecular complexity index is 2100. The number of benzene rings is 1. The number of hydrogen-bond donors (Lipinski definition) is 5. The average molecular weight is 1000 g/mol. The van der Waals surface area contributed by atoms with Crippen molar-refractivity contribution in [3.05, 3.63) is 48.2 Å². The van der Waals surface area contributed by atoms with Gasteiger partial charge in [-0.3, -0.25) is 33.6 Å². The predicted octanol–water partition coefficient (Wildman–Crippen LogP) is 0.377. The molecule has 0 bridgehead atoms. The van der Waals surface area contributed by atoms with Gasteiger partial charge in [0.1, 0.15) is 36.0 Å². The molecule has 1 aromatic rings. The van der Waals surface area contributed by atoms with Crippen LogP contribution in [0.4, 0.5) is 0 Å². The largest absolute Gasteiger partial charge is 0.458 e. The van der Waals surface area contributed by atoms with E-state index in [2.05, 4.69) is 27.8 Å². The third-order valence-electron chi connectivity index (χ3n) is 12.2. The Balaban J connectivity index is 2.97. The molecular weight excluding hydrogens is 927 g/mol. The molecule has 0 aromatic heterocycles. The number of aliphatic hydroxyl groups is 1. The molecule has 396 valence electrons. The molecule has 1 heterocycles. The Kier molecular flexibility index (Phi) is 23.3. The van der Waals surface area contributed by atoms with Crippen molar-refractivity contribution in [3.63, 3.8) is 0 Å². The summed E-state index contributed by atoms with van der Waals surface area (Å²) in [6, 6.07) is -1.31. The lowest BCUT2D eigenvalue weighted by atomic mass is 9.95. The first-order valence-electron chi connectivity index (χ1n) is 23.6. The highest BCUT2D eigenvalue weighted by Gasteiger charge is 2.47. The topological polar surface area (TPSA) is 286 Å². The molecule has 71 heavy (non-hydrogen) atoms. The standard InChI is InChI=1S/C49H75N7O15/c1-17-34(58)52-35(39(59)24(2)3)47(65)70-40(25(4)5)36-46(64)56(15)38(30(11)68-16)49(67)71-41(26(6)7)37(51-31(12)57)48(66)69-33(23-32-21-19-18-20-22-32)45(63)55(14)28(9)42(60)50-27(8)44(62)54(13)29(10)43(61)53-36/h18-22,24-27,29-30,33,35-41,59H,9,17,23H2,1-8,10-16H3,(H,50,60)(H,51,57)(H,52,58)(H,53,61)/t27-,29-,30-,33+,35-,36+,37-,38-,39+,40-,41+/m0/s1. The second kappa shape index (κ2) is 27.3. The smallest absolute Gasteiger partial charge is 0.333 e. The van der Waals surface area contributed by atoms with Gasteiger partial charge in [-0.15, -0.1) is 0 Å². The molecule has 7 amide bonds. The van der Waals surface area contributed by atoms with Gasteiger partial charge in [0.2, 0.25) is 29.5 Å². The Morgan fingerprint density at radius 2 is 1.42 bits per heavy atom. The predicted molar refractivity (Wildman–Crippen MR) is 257 cm³/mol. The molecule has 0 spiro atoms. The van der Waals surface area contributed by atoms with Gasteiger partial charge in [-0.2, -0.15) is 0 Å². The van der Waals surface area contributed by atoms with E-state index in [0.29, 0.717) is 5.56 Å². The molecule has 1 aliphatic heterocycles. The molecule has 1 aliphatic rings. The first-order chi connectivity index (χ1) is 33.0. The molecule has 1 saturated heterocycles. The van der Waals surface area contributed by atoms with Gasteiger partial charge in [-0.25, -0.2) is 14.4 Å². The van der Waals surface area contributed by atoms with Crippen molar-refractivity contribution in [1.82, 2.24) is 36.0 Å². The number of ether oxygens (including phenoxy) is 4. The lowest BCUT2D eigenvalue weighted by molar-refractivity contribution is -0.177. The quantitative estimate of drug-likeness (QED) is 0.0957. The second-order valence-electron chi connectivity index (χ2n) is 18.7. The zero-order chi connectivity index (χ0) is 54.3. The minimum absolute atomic E-state index is 0.0591. The Morgan fingerprint density at radius 1 is 0.831 bits per heavy atom. The van der Waals surface area contributed by atoms with E-state index < -0.39 is 149 Å². The van der Waals surface area contributed by atoms with E-state index in [4.69, 9.17) is 18.9 Å². The molecule has 0 aliphatic carbocycles. The number of carbonyl (C=O) groups is 10. The number of rotatable bonds is 14. The van der Waals surface area contributed by atoms with Crippen LogP contribution in [0.5, 0.6) is 0 Å². The van der Waals surface area contributed by atoms with Gasteiger partial charge in [0.25, 0.3) is 11.8 Å². The maximum atomic E-state index is 15.1. The molecule has 22 nitrogen and oxygen atoms in total. The first-order valence-corrected chi connectivity index (χ1v) is 23.6. The summed E-state index contributed by atoms with van der Waals surface area (Å²) in [5.74, 6) is -11.8. The van der Waals surface area contributed by atoms with Crippen LogP contribution in [0, 0.1) is 17.8 Å². The molecule has 1 fully saturated rings. The number of nitrogens with one attached hydrogen (secondary N) is 4. The van der Waals surface area contributed by atoms with Crippen LogP contribution in [0.15, 0.2) is 42.6 Å². The van der Waals surface area contributed by atoms with Crippen LogP contribution in [0.3, 0.4) is 0 Å². The summed E-state index contributed by atoms with van der Waals surface area (Å²) in [4.78, 5) is 142. The SMILES string of the molecule is C=C1C(=O)N[C@@H](C)C(=O)N(C)[C@@H](C)C(=O)N[C@H]([C@@H](OC(=O)[C@@H](NC(=O)CC)[C@H](O)C(C)C)C(C)C)C(=O)N(C)[C@@H]([C@H](C)OC)C(=O)O[C@H](C(C)C)[C@H](NC(C)=O)C(=O)O[C@H](Cc2ccccc2)C(=O)N1C. The molecule has 0 radical (unpaired) electrons. The van der Waals surface area contributed by atoms with E-state index in [-0.39, 0.29) is 12.8 Å². The van der Waals surface area contributed by atoms with Crippen LogP contribution in [-0.4, -0.2) is 174 Å². The van der Waals surface area contributed by atoms with Crippen LogP contribution >= 0.6 is 0 Å². The fraction of sp³-hybridized carbons (Fsp3) is 0.633. The van der Waals surface area contributed by atoms with Gasteiger partial charge in [0.15, 0.2) is 24.2 Å². The van der Waals surface area contributed by atoms with Crippen molar-refractivity contribution in [2.24, 2.45) is 17.8 Å². The summed E-state index contributed by atoms with van der Waals surface area (Å²) in [6.45, 7) is 19.9. The monoisotopic (exact) mass is 1000 g/mol. The number of likely N-dealkylation sites (N-methyl/N-ethyl adjacent to an activating group) is 3. The van der Waals surface area contributed by atoms with Gasteiger partial charge in [0, 0.05) is 48.0 Å². The summed E-state index contributed by atoms with van der Waals surface area (Å²) in [6.07, 6.45) is -7.75. The van der Waals surface area contributed by atoms with Crippen molar-refractivity contribution in [2.75, 3.05) is 28.3 Å². The molecule has 0 unspecified atom stereocenters. The van der Waals surface area contributed by atoms with Crippen molar-refractivity contribution >= 4 is 59.3 Å². The highest BCUT2D eigenvalue weighted by atomic mass is 16.6. The zero-order valence-corrected chi connectivity index (χ0v) is 43.6. The lowest BCUT2D eigenvalue weighted by Gasteiger charge is -2.39. The Labute approximate surface area is 416 Å². The number of nitrogens with zero attached hydrogens (tertiary/aromatic N) is 3. The molecule has 1 aromatic carbocycles. The van der Waals surface area contributed by atoms with Crippen LogP contribution < -0.4 is 21.3 Å². The summed E-state index contributed by atoms with van der Waals surface area (Å²) < 4.78 is 23.4. The van der Waals surface area contributed by atoms with Crippen molar-refractivity contribution in [2.45, 2.75) is 156 Å². The third-order valence-corrected chi connectivity index (χ3v) is 12.2. The van der Waals surface area contributed by atoms with Crippen molar-refractivity contribution in [3.8, 4) is 0 Å². The van der Waals surface area contributed by atoms with Crippen LogP contribution in [0.1, 0.15) is 88.1 Å². The molecule has 0 saturated carbocycles. The lowest BCUT2D eigenvalue weighted by Crippen LogP contribution is -2.64. The van der Waals surface area contributed by atoms with Crippen LogP contribution in [-0.2, 0) is 73.3 Å². The van der Waals surface area contributed by atoms with Crippen LogP contribution in [0.25, 0.3) is 0 Å². The number of carbonyl (C=O) groups excluding carboxylic acids is 10. The fourth-order valence-corrected chi connectivity index (χ4v) is 7.47. The van der Waals surface area contributed by atoms with Gasteiger partial charge in [-0.1, -0.05) is 85.4 Å². The fourth-order valence-electron chi connectivity index (χ4n) is 7.47. The number of amides is 7. The number of esters is 3. The maximum absolute atomic E-state index is 15.1. The van der Waals surface area contributed by atoms with Crippen LogP contribution in [0.2, 0.25) is 0 Å². The van der Waals surface area contributed by atoms with Gasteiger partial charge < -0.3 is 60.0 Å². The molecule has 2 rings (SSSR count). The second-order valence-corrected chi connectivity index (χ2v) is 18.7. The Hall–Kier alpha value is -6.42. The molecule has 22 heteroatoms. The highest BCUT2D eigenvalue weighted by molar-refractivity contribution is 6.01. The van der Waals surface area contributed by atoms with E-state index in [0.717, 1.165) is 21.6 Å². The number of methoxy groups -OCH3 is 1. The minimum atomic E-state index is -1.86. The van der Waals surface area contributed by atoms with E-state index in [1.54, 1.807) is 71.9 Å². The molecule has 11 atom stereocenters. The van der Waals surface area contributed by atoms with E-state index in [1.165, 1.54) is 55.9 Å².